The molecule has 2 saturated heterocycles. The Kier molecular flexibility index (Phi) is 11.6. The number of carboxylic acids is 1. The monoisotopic (exact) mass is 573 g/mol. The lowest BCUT2D eigenvalue weighted by Crippen LogP contribution is -2.50. The van der Waals surface area contributed by atoms with E-state index in [-0.39, 0.29) is 37.3 Å². The SMILES string of the molecule is O=C(CNC(=O)C(CCC1CCNCC1)CCC1CCNCC1)NCC(NC(=O)c1ccc2c(c1)OCO2)C(=O)O. The fraction of sp³-hybridized carbons (Fsp3) is 0.655. The van der Waals surface area contributed by atoms with Gasteiger partial charge in [0.1, 0.15) is 6.04 Å². The van der Waals surface area contributed by atoms with Gasteiger partial charge in [-0.05, 0) is 108 Å². The first-order valence-electron chi connectivity index (χ1n) is 14.8. The van der Waals surface area contributed by atoms with Crippen LogP contribution < -0.4 is 36.1 Å². The molecule has 2 fully saturated rings. The molecule has 0 radical (unpaired) electrons. The summed E-state index contributed by atoms with van der Waals surface area (Å²) in [4.78, 5) is 50.0. The number of carbonyl (C=O) groups excluding carboxylic acids is 3. The number of aliphatic carboxylic acids is 1. The summed E-state index contributed by atoms with van der Waals surface area (Å²) < 4.78 is 10.5. The molecule has 3 amide bonds. The van der Waals surface area contributed by atoms with Gasteiger partial charge in [-0.3, -0.25) is 14.4 Å². The Bertz CT molecular complexity index is 1030. The summed E-state index contributed by atoms with van der Waals surface area (Å²) in [6.07, 6.45) is 8.11. The Labute approximate surface area is 240 Å². The van der Waals surface area contributed by atoms with Crippen molar-refractivity contribution in [2.24, 2.45) is 17.8 Å². The van der Waals surface area contributed by atoms with Crippen LogP contribution in [0.25, 0.3) is 0 Å². The van der Waals surface area contributed by atoms with E-state index in [1.54, 1.807) is 6.07 Å². The number of piperidine rings is 2. The highest BCUT2D eigenvalue weighted by Crippen LogP contribution is 2.32. The second kappa shape index (κ2) is 15.6. The molecule has 0 saturated carbocycles. The number of nitrogens with one attached hydrogen (secondary N) is 5. The second-order valence-corrected chi connectivity index (χ2v) is 11.2. The van der Waals surface area contributed by atoms with Crippen molar-refractivity contribution >= 4 is 23.7 Å². The number of ether oxygens (including phenoxy) is 2. The average molecular weight is 574 g/mol. The first-order valence-corrected chi connectivity index (χ1v) is 14.8. The van der Waals surface area contributed by atoms with Crippen molar-refractivity contribution in [1.29, 1.82) is 0 Å². The van der Waals surface area contributed by atoms with Crippen LogP contribution in [-0.2, 0) is 14.4 Å². The van der Waals surface area contributed by atoms with Gasteiger partial charge >= 0.3 is 5.97 Å². The third-order valence-corrected chi connectivity index (χ3v) is 8.30. The van der Waals surface area contributed by atoms with Crippen LogP contribution in [0.15, 0.2) is 18.2 Å². The van der Waals surface area contributed by atoms with Gasteiger partial charge in [-0.25, -0.2) is 4.79 Å². The molecule has 3 aliphatic heterocycles. The predicted molar refractivity (Wildman–Crippen MR) is 151 cm³/mol. The smallest absolute Gasteiger partial charge is 0.328 e. The maximum absolute atomic E-state index is 13.1. The molecule has 226 valence electrons. The molecule has 1 aromatic carbocycles. The van der Waals surface area contributed by atoms with Crippen LogP contribution in [0.1, 0.15) is 61.7 Å². The minimum atomic E-state index is -1.35. The molecule has 12 nitrogen and oxygen atoms in total. The number of hydrogen-bond donors (Lipinski definition) is 6. The molecule has 41 heavy (non-hydrogen) atoms. The predicted octanol–water partition coefficient (Wildman–Crippen LogP) is 1.01. The van der Waals surface area contributed by atoms with Gasteiger partial charge in [-0.15, -0.1) is 0 Å². The third-order valence-electron chi connectivity index (χ3n) is 8.30. The number of amides is 3. The standard InChI is InChI=1S/C29H43N5O7/c35-26(32-16-23(29(38)39)34-28(37)22-5-6-24-25(15-22)41-18-40-24)17-33-27(36)21(3-1-19-7-11-30-12-8-19)4-2-20-9-13-31-14-10-20/h5-6,15,19-21,23,30-31H,1-4,7-14,16-18H2,(H,32,35)(H,33,36)(H,34,37)(H,38,39). The van der Waals surface area contributed by atoms with Gasteiger partial charge < -0.3 is 41.2 Å². The maximum Gasteiger partial charge on any atom is 0.328 e. The highest BCUT2D eigenvalue weighted by atomic mass is 16.7. The van der Waals surface area contributed by atoms with Gasteiger partial charge in [-0.1, -0.05) is 0 Å². The third kappa shape index (κ3) is 9.60. The number of fused-ring (bicyclic) bond motifs is 1. The lowest BCUT2D eigenvalue weighted by Gasteiger charge is -2.27. The molecular formula is C29H43N5O7. The number of benzene rings is 1. The molecule has 1 aromatic rings. The fourth-order valence-corrected chi connectivity index (χ4v) is 5.69. The summed E-state index contributed by atoms with van der Waals surface area (Å²) in [5.41, 5.74) is 0.208. The lowest BCUT2D eigenvalue weighted by atomic mass is 9.84. The fourth-order valence-electron chi connectivity index (χ4n) is 5.69. The summed E-state index contributed by atoms with van der Waals surface area (Å²) in [5, 5.41) is 24.0. The van der Waals surface area contributed by atoms with Crippen LogP contribution in [0.5, 0.6) is 11.5 Å². The van der Waals surface area contributed by atoms with E-state index in [2.05, 4.69) is 26.6 Å². The largest absolute Gasteiger partial charge is 0.480 e. The van der Waals surface area contributed by atoms with Crippen LogP contribution in [0, 0.1) is 17.8 Å². The minimum Gasteiger partial charge on any atom is -0.480 e. The van der Waals surface area contributed by atoms with Gasteiger partial charge in [0, 0.05) is 18.0 Å². The highest BCUT2D eigenvalue weighted by molar-refractivity contribution is 5.97. The quantitative estimate of drug-likeness (QED) is 0.190. The van der Waals surface area contributed by atoms with Crippen molar-refractivity contribution in [2.75, 3.05) is 46.1 Å². The van der Waals surface area contributed by atoms with Crippen molar-refractivity contribution in [3.63, 3.8) is 0 Å². The molecule has 0 spiro atoms. The molecule has 6 N–H and O–H groups in total. The van der Waals surface area contributed by atoms with Crippen LogP contribution >= 0.6 is 0 Å². The van der Waals surface area contributed by atoms with Crippen LogP contribution in [0.3, 0.4) is 0 Å². The van der Waals surface area contributed by atoms with Crippen molar-refractivity contribution in [2.45, 2.75) is 57.4 Å². The van der Waals surface area contributed by atoms with E-state index in [1.165, 1.54) is 12.1 Å². The van der Waals surface area contributed by atoms with E-state index in [9.17, 15) is 24.3 Å². The van der Waals surface area contributed by atoms with Crippen LogP contribution in [0.4, 0.5) is 0 Å². The van der Waals surface area contributed by atoms with E-state index in [1.807, 2.05) is 0 Å². The molecule has 1 unspecified atom stereocenters. The van der Waals surface area contributed by atoms with E-state index < -0.39 is 23.8 Å². The number of carboxylic acid groups (broad SMARTS) is 1. The highest BCUT2D eigenvalue weighted by Gasteiger charge is 2.26. The Morgan fingerprint density at radius 1 is 0.878 bits per heavy atom. The molecular weight excluding hydrogens is 530 g/mol. The Morgan fingerprint density at radius 2 is 1.49 bits per heavy atom. The van der Waals surface area contributed by atoms with Crippen LogP contribution in [-0.4, -0.2) is 80.9 Å². The molecule has 12 heteroatoms. The second-order valence-electron chi connectivity index (χ2n) is 11.2. The molecule has 0 bridgehead atoms. The zero-order valence-corrected chi connectivity index (χ0v) is 23.5. The molecule has 1 atom stereocenters. The molecule has 0 aromatic heterocycles. The molecule has 3 aliphatic rings. The molecule has 0 aliphatic carbocycles. The van der Waals surface area contributed by atoms with Gasteiger partial charge in [0.2, 0.25) is 18.6 Å². The average Bonchev–Trinajstić information content (AvgIpc) is 3.47. The summed E-state index contributed by atoms with van der Waals surface area (Å²) in [7, 11) is 0. The van der Waals surface area contributed by atoms with Crippen molar-refractivity contribution in [1.82, 2.24) is 26.6 Å². The normalized spacial score (nSPS) is 18.1. The number of rotatable bonds is 14. The van der Waals surface area contributed by atoms with Gasteiger partial charge in [0.15, 0.2) is 11.5 Å². The van der Waals surface area contributed by atoms with Gasteiger partial charge in [0.25, 0.3) is 5.91 Å². The van der Waals surface area contributed by atoms with Crippen molar-refractivity contribution in [3.05, 3.63) is 23.8 Å². The summed E-state index contributed by atoms with van der Waals surface area (Å²) in [5.74, 6) is -0.567. The van der Waals surface area contributed by atoms with Gasteiger partial charge in [0.05, 0.1) is 6.54 Å². The number of carbonyl (C=O) groups is 4. The van der Waals surface area contributed by atoms with E-state index in [4.69, 9.17) is 9.47 Å². The Hall–Kier alpha value is -3.38. The van der Waals surface area contributed by atoms with Crippen molar-refractivity contribution in [3.8, 4) is 11.5 Å². The maximum atomic E-state index is 13.1. The Morgan fingerprint density at radius 3 is 2.10 bits per heavy atom. The number of hydrogen-bond acceptors (Lipinski definition) is 8. The molecule has 4 rings (SSSR count). The van der Waals surface area contributed by atoms with E-state index in [0.29, 0.717) is 23.3 Å². The topological polar surface area (TPSA) is 167 Å². The minimum absolute atomic E-state index is 0.0535. The molecule has 3 heterocycles. The zero-order valence-electron chi connectivity index (χ0n) is 23.5. The summed E-state index contributed by atoms with van der Waals surface area (Å²) >= 11 is 0. The first-order chi connectivity index (χ1) is 19.9. The van der Waals surface area contributed by atoms with Crippen LogP contribution in [0.2, 0.25) is 0 Å². The Balaban J connectivity index is 1.23. The van der Waals surface area contributed by atoms with E-state index >= 15 is 0 Å². The van der Waals surface area contributed by atoms with Crippen molar-refractivity contribution < 1.29 is 33.8 Å². The summed E-state index contributed by atoms with van der Waals surface area (Å²) in [6.45, 7) is 3.55. The first kappa shape index (κ1) is 30.6. The summed E-state index contributed by atoms with van der Waals surface area (Å²) in [6, 6.07) is 3.19. The van der Waals surface area contributed by atoms with Gasteiger partial charge in [-0.2, -0.15) is 0 Å². The zero-order chi connectivity index (χ0) is 29.0. The van der Waals surface area contributed by atoms with E-state index in [0.717, 1.165) is 77.5 Å². The lowest BCUT2D eigenvalue weighted by molar-refractivity contribution is -0.139.